The van der Waals surface area contributed by atoms with Crippen molar-refractivity contribution in [3.05, 3.63) is 70.0 Å². The van der Waals surface area contributed by atoms with Crippen LogP contribution < -0.4 is 10.9 Å². The lowest BCUT2D eigenvalue weighted by atomic mass is 10.1. The fourth-order valence-electron chi connectivity index (χ4n) is 3.61. The van der Waals surface area contributed by atoms with E-state index in [1.807, 2.05) is 55.5 Å². The molecule has 0 saturated carbocycles. The maximum atomic E-state index is 13.2. The molecule has 1 aliphatic heterocycles. The Balaban J connectivity index is 1.55. The second-order valence-corrected chi connectivity index (χ2v) is 10.9. The van der Waals surface area contributed by atoms with Crippen molar-refractivity contribution in [2.45, 2.75) is 31.0 Å². The molecule has 1 fully saturated rings. The largest absolute Gasteiger partial charge is 0.352 e. The Labute approximate surface area is 184 Å². The molecule has 9 heteroatoms. The molecule has 0 aliphatic carbocycles. The highest BCUT2D eigenvalue weighted by molar-refractivity contribution is 7.99. The zero-order chi connectivity index (χ0) is 22.0. The smallest absolute Gasteiger partial charge is 0.283 e. The third-order valence-corrected chi connectivity index (χ3v) is 7.94. The van der Waals surface area contributed by atoms with E-state index in [9.17, 15) is 18.0 Å². The predicted octanol–water partition coefficient (Wildman–Crippen LogP) is 2.15. The molecule has 1 saturated heterocycles. The highest BCUT2D eigenvalue weighted by Crippen LogP contribution is 2.18. The van der Waals surface area contributed by atoms with Crippen LogP contribution in [0.25, 0.3) is 11.0 Å². The van der Waals surface area contributed by atoms with Crippen molar-refractivity contribution in [2.24, 2.45) is 0 Å². The van der Waals surface area contributed by atoms with Crippen molar-refractivity contribution in [3.63, 3.8) is 0 Å². The number of benzene rings is 2. The summed E-state index contributed by atoms with van der Waals surface area (Å²) in [6.07, 6.45) is 0.427. The summed E-state index contributed by atoms with van der Waals surface area (Å²) in [5, 5.41) is 3.00. The van der Waals surface area contributed by atoms with Gasteiger partial charge in [-0.25, -0.2) is 13.4 Å². The molecule has 0 bridgehead atoms. The first kappa shape index (κ1) is 21.6. The van der Waals surface area contributed by atoms with Gasteiger partial charge < -0.3 is 5.32 Å². The van der Waals surface area contributed by atoms with Gasteiger partial charge in [0.15, 0.2) is 14.9 Å². The van der Waals surface area contributed by atoms with Crippen LogP contribution >= 0.6 is 11.8 Å². The number of aromatic nitrogens is 2. The average molecular weight is 458 g/mol. The quantitative estimate of drug-likeness (QED) is 0.570. The first-order chi connectivity index (χ1) is 14.8. The van der Waals surface area contributed by atoms with Gasteiger partial charge >= 0.3 is 0 Å². The van der Waals surface area contributed by atoms with Crippen LogP contribution in [0.3, 0.4) is 0 Å². The Morgan fingerprint density at radius 3 is 2.65 bits per heavy atom. The van der Waals surface area contributed by atoms with Crippen molar-refractivity contribution < 1.29 is 13.2 Å². The van der Waals surface area contributed by atoms with Crippen molar-refractivity contribution in [1.82, 2.24) is 14.9 Å². The zero-order valence-electron chi connectivity index (χ0n) is 17.1. The molecule has 4 rings (SSSR count). The van der Waals surface area contributed by atoms with Crippen molar-refractivity contribution in [2.75, 3.05) is 17.3 Å². The Kier molecular flexibility index (Phi) is 6.15. The number of hydrogen-bond donors (Lipinski definition) is 1. The highest BCUT2D eigenvalue weighted by atomic mass is 32.2. The minimum Gasteiger partial charge on any atom is -0.352 e. The molecule has 3 aromatic rings. The van der Waals surface area contributed by atoms with Crippen LogP contribution in [0.15, 0.2) is 58.4 Å². The van der Waals surface area contributed by atoms with Gasteiger partial charge in [0.25, 0.3) is 5.56 Å². The number of hydrogen-bond acceptors (Lipinski definition) is 6. The first-order valence-electron chi connectivity index (χ1n) is 9.98. The number of para-hydroxylation sites is 2. The van der Waals surface area contributed by atoms with Crippen molar-refractivity contribution in [1.29, 1.82) is 0 Å². The maximum Gasteiger partial charge on any atom is 0.283 e. The number of nitrogens with one attached hydrogen (secondary N) is 1. The van der Waals surface area contributed by atoms with Crippen molar-refractivity contribution >= 4 is 38.5 Å². The van der Waals surface area contributed by atoms with Gasteiger partial charge in [-0.05, 0) is 31.0 Å². The molecule has 1 atom stereocenters. The lowest BCUT2D eigenvalue weighted by Gasteiger charge is -2.13. The van der Waals surface area contributed by atoms with Gasteiger partial charge in [-0.2, -0.15) is 0 Å². The normalized spacial score (nSPS) is 17.6. The molecule has 31 heavy (non-hydrogen) atoms. The second-order valence-electron chi connectivity index (χ2n) is 7.74. The summed E-state index contributed by atoms with van der Waals surface area (Å²) < 4.78 is 24.8. The van der Waals surface area contributed by atoms with Gasteiger partial charge in [-0.1, -0.05) is 53.7 Å². The zero-order valence-corrected chi connectivity index (χ0v) is 18.7. The van der Waals surface area contributed by atoms with E-state index in [4.69, 9.17) is 0 Å². The van der Waals surface area contributed by atoms with Gasteiger partial charge in [0, 0.05) is 6.04 Å². The summed E-state index contributed by atoms with van der Waals surface area (Å²) in [5.41, 5.74) is 3.31. The van der Waals surface area contributed by atoms with Gasteiger partial charge in [0.05, 0.1) is 34.8 Å². The number of nitrogens with zero attached hydrogens (tertiary/aromatic N) is 2. The fraction of sp³-hybridized carbons (Fsp3) is 0.318. The van der Waals surface area contributed by atoms with Crippen LogP contribution in [0, 0.1) is 6.92 Å². The standard InChI is InChI=1S/C22H23N3O4S2/c1-15-6-8-16(9-7-15)12-25-19-5-3-2-4-18(19)24-21(22(25)27)30-13-20(26)23-17-10-11-31(28,29)14-17/h2-9,17H,10-14H2,1H3,(H,23,26). The summed E-state index contributed by atoms with van der Waals surface area (Å²) in [5.74, 6) is -0.226. The van der Waals surface area contributed by atoms with Crippen LogP contribution in [-0.4, -0.2) is 47.2 Å². The minimum absolute atomic E-state index is 0.00165. The van der Waals surface area contributed by atoms with E-state index in [0.717, 1.165) is 28.4 Å². The summed E-state index contributed by atoms with van der Waals surface area (Å²) >= 11 is 1.07. The van der Waals surface area contributed by atoms with Gasteiger partial charge in [-0.15, -0.1) is 0 Å². The number of sulfone groups is 1. The molecule has 1 aromatic heterocycles. The molecule has 1 unspecified atom stereocenters. The van der Waals surface area contributed by atoms with E-state index in [1.54, 1.807) is 4.57 Å². The summed E-state index contributed by atoms with van der Waals surface area (Å²) in [4.78, 5) is 29.9. The second kappa shape index (κ2) is 8.84. The summed E-state index contributed by atoms with van der Waals surface area (Å²) in [7, 11) is -3.06. The Morgan fingerprint density at radius 1 is 1.19 bits per heavy atom. The Morgan fingerprint density at radius 2 is 1.94 bits per heavy atom. The Hall–Kier alpha value is -2.65. The number of carbonyl (C=O) groups is 1. The molecule has 0 radical (unpaired) electrons. The van der Waals surface area contributed by atoms with Crippen LogP contribution in [0.1, 0.15) is 17.5 Å². The lowest BCUT2D eigenvalue weighted by molar-refractivity contribution is -0.119. The third-order valence-electron chi connectivity index (χ3n) is 5.22. The molecule has 162 valence electrons. The number of rotatable bonds is 6. The van der Waals surface area contributed by atoms with E-state index < -0.39 is 9.84 Å². The molecule has 7 nitrogen and oxygen atoms in total. The highest BCUT2D eigenvalue weighted by Gasteiger charge is 2.29. The average Bonchev–Trinajstić information content (AvgIpc) is 3.08. The van der Waals surface area contributed by atoms with Crippen LogP contribution in [-0.2, 0) is 21.2 Å². The molecule has 2 heterocycles. The van der Waals surface area contributed by atoms with Crippen molar-refractivity contribution in [3.8, 4) is 0 Å². The topological polar surface area (TPSA) is 98.1 Å². The van der Waals surface area contributed by atoms with E-state index >= 15 is 0 Å². The molecule has 1 amide bonds. The lowest BCUT2D eigenvalue weighted by Crippen LogP contribution is -2.37. The predicted molar refractivity (Wildman–Crippen MR) is 122 cm³/mol. The molecule has 0 spiro atoms. The molecule has 1 aliphatic rings. The van der Waals surface area contributed by atoms with Gasteiger partial charge in [0.1, 0.15) is 0 Å². The summed E-state index contributed by atoms with van der Waals surface area (Å²) in [6.45, 7) is 2.42. The fourth-order valence-corrected chi connectivity index (χ4v) is 6.03. The number of carbonyl (C=O) groups excluding carboxylic acids is 1. The number of fused-ring (bicyclic) bond motifs is 1. The van der Waals surface area contributed by atoms with E-state index in [-0.39, 0.29) is 39.8 Å². The maximum absolute atomic E-state index is 13.2. The number of amides is 1. The van der Waals surface area contributed by atoms with E-state index in [0.29, 0.717) is 18.5 Å². The number of aryl methyl sites for hydroxylation is 1. The van der Waals surface area contributed by atoms with Gasteiger partial charge in [0.2, 0.25) is 5.91 Å². The van der Waals surface area contributed by atoms with Crippen LogP contribution in [0.5, 0.6) is 0 Å². The Bertz CT molecular complexity index is 1280. The van der Waals surface area contributed by atoms with Gasteiger partial charge in [-0.3, -0.25) is 14.2 Å². The number of thioether (sulfide) groups is 1. The SMILES string of the molecule is Cc1ccc(Cn2c(=O)c(SCC(=O)NC3CCS(=O)(=O)C3)nc3ccccc32)cc1. The minimum atomic E-state index is -3.06. The molecular formula is C22H23N3O4S2. The molecule has 2 aromatic carbocycles. The third kappa shape index (κ3) is 5.16. The summed E-state index contributed by atoms with van der Waals surface area (Å²) in [6, 6.07) is 15.1. The van der Waals surface area contributed by atoms with E-state index in [2.05, 4.69) is 10.3 Å². The molecular weight excluding hydrogens is 434 g/mol. The first-order valence-corrected chi connectivity index (χ1v) is 12.8. The monoisotopic (exact) mass is 457 g/mol. The molecule has 1 N–H and O–H groups in total. The van der Waals surface area contributed by atoms with E-state index in [1.165, 1.54) is 0 Å². The van der Waals surface area contributed by atoms with Crippen LogP contribution in [0.4, 0.5) is 0 Å². The van der Waals surface area contributed by atoms with Crippen LogP contribution in [0.2, 0.25) is 0 Å².